The van der Waals surface area contributed by atoms with E-state index in [0.717, 1.165) is 11.3 Å². The van der Waals surface area contributed by atoms with Gasteiger partial charge in [-0.1, -0.05) is 35.3 Å². The lowest BCUT2D eigenvalue weighted by Gasteiger charge is -2.30. The molecule has 0 aliphatic rings. The molecule has 4 heteroatoms. The lowest BCUT2D eigenvalue weighted by atomic mass is 9.92. The van der Waals surface area contributed by atoms with Crippen LogP contribution in [0.2, 0.25) is 10.0 Å². The molecule has 2 aromatic rings. The Labute approximate surface area is 123 Å². The summed E-state index contributed by atoms with van der Waals surface area (Å²) in [6.45, 7) is 1.90. The van der Waals surface area contributed by atoms with Crippen molar-refractivity contribution in [1.29, 1.82) is 0 Å². The van der Waals surface area contributed by atoms with E-state index in [1.807, 2.05) is 55.5 Å². The maximum Gasteiger partial charge on any atom is 0.0828 e. The normalized spacial score (nSPS) is 13.9. The molecular formula is C15H15Cl2NO. The first-order chi connectivity index (χ1) is 9.03. The van der Waals surface area contributed by atoms with E-state index in [9.17, 15) is 5.11 Å². The highest BCUT2D eigenvalue weighted by Gasteiger charge is 2.25. The van der Waals surface area contributed by atoms with Crippen LogP contribution < -0.4 is 5.32 Å². The predicted octanol–water partition coefficient (Wildman–Crippen LogP) is 4.31. The summed E-state index contributed by atoms with van der Waals surface area (Å²) < 4.78 is 0. The van der Waals surface area contributed by atoms with Gasteiger partial charge in [-0.2, -0.15) is 0 Å². The summed E-state index contributed by atoms with van der Waals surface area (Å²) in [7, 11) is 0. The highest BCUT2D eigenvalue weighted by Crippen LogP contribution is 2.27. The van der Waals surface area contributed by atoms with Crippen molar-refractivity contribution in [2.45, 2.75) is 12.5 Å². The molecule has 0 radical (unpaired) electrons. The average molecular weight is 296 g/mol. The standard InChI is InChI=1S/C15H15Cl2NO/c1-15(10-19,11-2-4-12(16)5-3-11)18-14-8-6-13(17)7-9-14/h2-9,18-19H,10H2,1H3. The van der Waals surface area contributed by atoms with E-state index < -0.39 is 5.54 Å². The Kier molecular flexibility index (Phi) is 4.35. The number of anilines is 1. The van der Waals surface area contributed by atoms with Crippen LogP contribution in [0.25, 0.3) is 0 Å². The highest BCUT2D eigenvalue weighted by atomic mass is 35.5. The molecule has 2 rings (SSSR count). The zero-order valence-electron chi connectivity index (χ0n) is 10.5. The number of rotatable bonds is 4. The molecule has 2 aromatic carbocycles. The number of aliphatic hydroxyl groups is 1. The number of nitrogens with one attached hydrogen (secondary N) is 1. The van der Waals surface area contributed by atoms with Crippen LogP contribution in [0.3, 0.4) is 0 Å². The number of hydrogen-bond donors (Lipinski definition) is 2. The molecular weight excluding hydrogens is 281 g/mol. The number of halogens is 2. The summed E-state index contributed by atoms with van der Waals surface area (Å²) in [5.74, 6) is 0. The molecule has 0 aliphatic heterocycles. The van der Waals surface area contributed by atoms with Crippen molar-refractivity contribution in [3.63, 3.8) is 0 Å². The van der Waals surface area contributed by atoms with Gasteiger partial charge >= 0.3 is 0 Å². The smallest absolute Gasteiger partial charge is 0.0828 e. The van der Waals surface area contributed by atoms with Crippen LogP contribution in [0, 0.1) is 0 Å². The summed E-state index contributed by atoms with van der Waals surface area (Å²) in [6, 6.07) is 14.8. The van der Waals surface area contributed by atoms with Crippen molar-refractivity contribution in [1.82, 2.24) is 0 Å². The van der Waals surface area contributed by atoms with Crippen LogP contribution >= 0.6 is 23.2 Å². The zero-order chi connectivity index (χ0) is 13.9. The summed E-state index contributed by atoms with van der Waals surface area (Å²) in [5, 5.41) is 14.4. The van der Waals surface area contributed by atoms with Gasteiger partial charge in [-0.25, -0.2) is 0 Å². The summed E-state index contributed by atoms with van der Waals surface area (Å²) in [5.41, 5.74) is 1.29. The summed E-state index contributed by atoms with van der Waals surface area (Å²) >= 11 is 11.7. The van der Waals surface area contributed by atoms with E-state index >= 15 is 0 Å². The molecule has 100 valence electrons. The van der Waals surface area contributed by atoms with Gasteiger partial charge in [-0.3, -0.25) is 0 Å². The fourth-order valence-corrected chi connectivity index (χ4v) is 2.12. The quantitative estimate of drug-likeness (QED) is 0.881. The predicted molar refractivity (Wildman–Crippen MR) is 81.0 cm³/mol. The van der Waals surface area contributed by atoms with Crippen molar-refractivity contribution < 1.29 is 5.11 Å². The van der Waals surface area contributed by atoms with Gasteiger partial charge < -0.3 is 10.4 Å². The van der Waals surface area contributed by atoms with Gasteiger partial charge in [0.1, 0.15) is 0 Å². The Morgan fingerprint density at radius 2 is 1.42 bits per heavy atom. The zero-order valence-corrected chi connectivity index (χ0v) is 12.0. The van der Waals surface area contributed by atoms with Crippen molar-refractivity contribution in [2.24, 2.45) is 0 Å². The highest BCUT2D eigenvalue weighted by molar-refractivity contribution is 6.30. The second-order valence-electron chi connectivity index (χ2n) is 4.63. The van der Waals surface area contributed by atoms with Gasteiger partial charge in [0.25, 0.3) is 0 Å². The molecule has 0 heterocycles. The topological polar surface area (TPSA) is 32.3 Å². The fraction of sp³-hybridized carbons (Fsp3) is 0.200. The van der Waals surface area contributed by atoms with Gasteiger partial charge in [0.05, 0.1) is 12.1 Å². The SMILES string of the molecule is CC(CO)(Nc1ccc(Cl)cc1)c1ccc(Cl)cc1. The summed E-state index contributed by atoms with van der Waals surface area (Å²) in [4.78, 5) is 0. The Morgan fingerprint density at radius 3 is 1.89 bits per heavy atom. The number of aliphatic hydroxyl groups excluding tert-OH is 1. The monoisotopic (exact) mass is 295 g/mol. The second kappa shape index (κ2) is 5.83. The molecule has 0 fully saturated rings. The Morgan fingerprint density at radius 1 is 0.947 bits per heavy atom. The van der Waals surface area contributed by atoms with Crippen molar-refractivity contribution in [2.75, 3.05) is 11.9 Å². The largest absolute Gasteiger partial charge is 0.394 e. The fourth-order valence-electron chi connectivity index (χ4n) is 1.87. The molecule has 0 bridgehead atoms. The second-order valence-corrected chi connectivity index (χ2v) is 5.50. The maximum atomic E-state index is 9.70. The third kappa shape index (κ3) is 3.41. The Hall–Kier alpha value is -1.22. The third-order valence-electron chi connectivity index (χ3n) is 3.06. The first-order valence-corrected chi connectivity index (χ1v) is 6.70. The van der Waals surface area contributed by atoms with Crippen LogP contribution in [-0.2, 0) is 5.54 Å². The van der Waals surface area contributed by atoms with Crippen LogP contribution in [-0.4, -0.2) is 11.7 Å². The molecule has 2 N–H and O–H groups in total. The van der Waals surface area contributed by atoms with Gasteiger partial charge in [0, 0.05) is 15.7 Å². The molecule has 0 saturated carbocycles. The van der Waals surface area contributed by atoms with E-state index in [2.05, 4.69) is 5.32 Å². The van der Waals surface area contributed by atoms with Gasteiger partial charge in [0.2, 0.25) is 0 Å². The molecule has 0 aromatic heterocycles. The number of hydrogen-bond acceptors (Lipinski definition) is 2. The first-order valence-electron chi connectivity index (χ1n) is 5.94. The molecule has 0 amide bonds. The van der Waals surface area contributed by atoms with Gasteiger partial charge in [0.15, 0.2) is 0 Å². The van der Waals surface area contributed by atoms with E-state index in [4.69, 9.17) is 23.2 Å². The van der Waals surface area contributed by atoms with Crippen LogP contribution in [0.4, 0.5) is 5.69 Å². The first kappa shape index (κ1) is 14.2. The van der Waals surface area contributed by atoms with Crippen molar-refractivity contribution in [3.05, 3.63) is 64.1 Å². The lowest BCUT2D eigenvalue weighted by molar-refractivity contribution is 0.224. The lowest BCUT2D eigenvalue weighted by Crippen LogP contribution is -2.35. The third-order valence-corrected chi connectivity index (χ3v) is 3.57. The van der Waals surface area contributed by atoms with E-state index in [-0.39, 0.29) is 6.61 Å². The molecule has 19 heavy (non-hydrogen) atoms. The maximum absolute atomic E-state index is 9.70. The molecule has 1 unspecified atom stereocenters. The van der Waals surface area contributed by atoms with E-state index in [1.165, 1.54) is 0 Å². The van der Waals surface area contributed by atoms with Gasteiger partial charge in [-0.05, 0) is 48.9 Å². The van der Waals surface area contributed by atoms with E-state index in [0.29, 0.717) is 10.0 Å². The van der Waals surface area contributed by atoms with Crippen molar-refractivity contribution >= 4 is 28.9 Å². The average Bonchev–Trinajstić information content (AvgIpc) is 2.42. The van der Waals surface area contributed by atoms with Gasteiger partial charge in [-0.15, -0.1) is 0 Å². The van der Waals surface area contributed by atoms with Crippen LogP contribution in [0.15, 0.2) is 48.5 Å². The molecule has 0 saturated heterocycles. The molecule has 0 spiro atoms. The van der Waals surface area contributed by atoms with Crippen LogP contribution in [0.5, 0.6) is 0 Å². The minimum Gasteiger partial charge on any atom is -0.394 e. The Balaban J connectivity index is 2.27. The summed E-state index contributed by atoms with van der Waals surface area (Å²) in [6.07, 6.45) is 0. The van der Waals surface area contributed by atoms with Crippen LogP contribution in [0.1, 0.15) is 12.5 Å². The van der Waals surface area contributed by atoms with E-state index in [1.54, 1.807) is 0 Å². The minimum absolute atomic E-state index is 0.0305. The van der Waals surface area contributed by atoms with Crippen molar-refractivity contribution in [3.8, 4) is 0 Å². The molecule has 2 nitrogen and oxygen atoms in total. The minimum atomic E-state index is -0.571. The molecule has 0 aliphatic carbocycles. The molecule has 1 atom stereocenters. The number of benzene rings is 2. The Bertz CT molecular complexity index is 539.